The Kier molecular flexibility index (Phi) is 4.10. The van der Waals surface area contributed by atoms with Crippen molar-refractivity contribution in [2.24, 2.45) is 0 Å². The summed E-state index contributed by atoms with van der Waals surface area (Å²) in [4.78, 5) is 24.6. The van der Waals surface area contributed by atoms with E-state index in [1.165, 1.54) is 0 Å². The Morgan fingerprint density at radius 2 is 2.21 bits per heavy atom. The first-order valence-electron chi connectivity index (χ1n) is 8.21. The smallest absolute Gasteiger partial charge is 0.344 e. The lowest BCUT2D eigenvalue weighted by molar-refractivity contribution is -0.0689. The highest BCUT2D eigenvalue weighted by Gasteiger charge is 2.41. The van der Waals surface area contributed by atoms with Crippen molar-refractivity contribution >= 4 is 28.4 Å². The second-order valence-electron chi connectivity index (χ2n) is 6.48. The summed E-state index contributed by atoms with van der Waals surface area (Å²) in [5, 5.41) is 4.22. The lowest BCUT2D eigenvalue weighted by Crippen LogP contribution is -2.48. The number of carbonyl (C=O) groups is 1. The molecule has 1 amide bonds. The molecule has 126 valence electrons. The molecule has 1 aromatic carbocycles. The molecule has 0 saturated carbocycles. The Bertz CT molecular complexity index is 825. The second-order valence-corrected chi connectivity index (χ2v) is 7.59. The van der Waals surface area contributed by atoms with E-state index in [2.05, 4.69) is 5.32 Å². The molecule has 5 nitrogen and oxygen atoms in total. The van der Waals surface area contributed by atoms with Crippen LogP contribution in [0.1, 0.15) is 29.8 Å². The molecule has 4 rings (SSSR count). The van der Waals surface area contributed by atoms with Gasteiger partial charge in [-0.2, -0.15) is 11.8 Å². The summed E-state index contributed by atoms with van der Waals surface area (Å²) >= 11 is 1.90. The summed E-state index contributed by atoms with van der Waals surface area (Å²) in [5.74, 6) is 1.84. The Morgan fingerprint density at radius 1 is 1.33 bits per heavy atom. The van der Waals surface area contributed by atoms with Crippen molar-refractivity contribution < 1.29 is 13.9 Å². The van der Waals surface area contributed by atoms with Crippen molar-refractivity contribution in [3.63, 3.8) is 0 Å². The summed E-state index contributed by atoms with van der Waals surface area (Å²) in [5.41, 5.74) is -0.570. The summed E-state index contributed by atoms with van der Waals surface area (Å²) in [6.07, 6.45) is 2.65. The highest BCUT2D eigenvalue weighted by molar-refractivity contribution is 7.99. The molecule has 0 aliphatic carbocycles. The number of fused-ring (bicyclic) bond motifs is 1. The van der Waals surface area contributed by atoms with Gasteiger partial charge in [0.05, 0.1) is 11.0 Å². The number of thioether (sulfide) groups is 1. The van der Waals surface area contributed by atoms with E-state index in [0.29, 0.717) is 12.0 Å². The van der Waals surface area contributed by atoms with Gasteiger partial charge in [-0.3, -0.25) is 4.79 Å². The summed E-state index contributed by atoms with van der Waals surface area (Å²) in [6, 6.07) is 8.81. The molecule has 0 bridgehead atoms. The minimum absolute atomic E-state index is 0.0572. The number of nitrogens with one attached hydrogen (secondary N) is 1. The third-order valence-corrected chi connectivity index (χ3v) is 6.01. The molecule has 24 heavy (non-hydrogen) atoms. The molecule has 6 heteroatoms. The van der Waals surface area contributed by atoms with Crippen molar-refractivity contribution in [3.05, 3.63) is 46.5 Å². The molecule has 2 fully saturated rings. The lowest BCUT2D eigenvalue weighted by Gasteiger charge is -2.37. The molecule has 2 saturated heterocycles. The van der Waals surface area contributed by atoms with E-state index in [1.807, 2.05) is 23.9 Å². The van der Waals surface area contributed by atoms with Crippen molar-refractivity contribution in [1.29, 1.82) is 0 Å². The quantitative estimate of drug-likeness (QED) is 0.906. The average molecular weight is 345 g/mol. The number of rotatable bonds is 2. The van der Waals surface area contributed by atoms with Crippen LogP contribution in [0.4, 0.5) is 0 Å². The first kappa shape index (κ1) is 15.7. The fourth-order valence-corrected chi connectivity index (χ4v) is 4.90. The van der Waals surface area contributed by atoms with Crippen molar-refractivity contribution in [3.8, 4) is 0 Å². The van der Waals surface area contributed by atoms with Gasteiger partial charge in [-0.15, -0.1) is 0 Å². The summed E-state index contributed by atoms with van der Waals surface area (Å²) < 4.78 is 11.2. The van der Waals surface area contributed by atoms with E-state index >= 15 is 0 Å². The van der Waals surface area contributed by atoms with Gasteiger partial charge >= 0.3 is 5.63 Å². The minimum atomic E-state index is -0.478. The van der Waals surface area contributed by atoms with E-state index in [0.717, 1.165) is 36.2 Å². The predicted molar refractivity (Wildman–Crippen MR) is 93.6 cm³/mol. The van der Waals surface area contributed by atoms with Gasteiger partial charge in [0.1, 0.15) is 0 Å². The maximum Gasteiger partial charge on any atom is 0.344 e. The molecule has 3 heterocycles. The van der Waals surface area contributed by atoms with Crippen LogP contribution in [-0.2, 0) is 4.74 Å². The Labute approximate surface area is 143 Å². The number of amides is 1. The Morgan fingerprint density at radius 3 is 3.04 bits per heavy atom. The highest BCUT2D eigenvalue weighted by atomic mass is 32.2. The average Bonchev–Trinajstić information content (AvgIpc) is 3.02. The fourth-order valence-electron chi connectivity index (χ4n) is 3.52. The third kappa shape index (κ3) is 2.96. The van der Waals surface area contributed by atoms with Crippen LogP contribution >= 0.6 is 11.8 Å². The zero-order valence-corrected chi connectivity index (χ0v) is 14.1. The molecule has 2 atom stereocenters. The third-order valence-electron chi connectivity index (χ3n) is 4.79. The molecule has 1 aromatic heterocycles. The summed E-state index contributed by atoms with van der Waals surface area (Å²) in [7, 11) is 0. The first-order valence-corrected chi connectivity index (χ1v) is 9.36. The number of ether oxygens (including phenoxy) is 1. The van der Waals surface area contributed by atoms with Crippen molar-refractivity contribution in [2.45, 2.75) is 30.9 Å². The molecule has 1 N–H and O–H groups in total. The van der Waals surface area contributed by atoms with Crippen LogP contribution in [0, 0.1) is 0 Å². The molecular formula is C18H19NO4S. The SMILES string of the molecule is O=C(NC1CCOC2(CCSC2)C1)c1cc2ccccc2c(=O)o1. The number of hydrogen-bond acceptors (Lipinski definition) is 5. The summed E-state index contributed by atoms with van der Waals surface area (Å²) in [6.45, 7) is 0.660. The number of carbonyl (C=O) groups excluding carboxylic acids is 1. The topological polar surface area (TPSA) is 68.5 Å². The number of hydrogen-bond donors (Lipinski definition) is 1. The van der Waals surface area contributed by atoms with E-state index in [4.69, 9.17) is 9.15 Å². The number of benzene rings is 1. The molecule has 2 aliphatic heterocycles. The van der Waals surface area contributed by atoms with Gasteiger partial charge in [0, 0.05) is 18.4 Å². The van der Waals surface area contributed by atoms with Gasteiger partial charge < -0.3 is 14.5 Å². The fraction of sp³-hybridized carbons (Fsp3) is 0.444. The lowest BCUT2D eigenvalue weighted by atomic mass is 9.90. The maximum absolute atomic E-state index is 12.5. The molecule has 1 spiro atoms. The van der Waals surface area contributed by atoms with Gasteiger partial charge in [0.15, 0.2) is 5.76 Å². The zero-order valence-electron chi connectivity index (χ0n) is 13.2. The van der Waals surface area contributed by atoms with Crippen LogP contribution in [0.2, 0.25) is 0 Å². The van der Waals surface area contributed by atoms with Crippen LogP contribution in [0.15, 0.2) is 39.5 Å². The van der Waals surface area contributed by atoms with Crippen LogP contribution in [-0.4, -0.2) is 35.7 Å². The van der Waals surface area contributed by atoms with E-state index in [-0.39, 0.29) is 23.3 Å². The van der Waals surface area contributed by atoms with Gasteiger partial charge in [-0.25, -0.2) is 4.79 Å². The van der Waals surface area contributed by atoms with E-state index in [1.54, 1.807) is 18.2 Å². The molecule has 2 unspecified atom stereocenters. The van der Waals surface area contributed by atoms with E-state index < -0.39 is 5.63 Å². The van der Waals surface area contributed by atoms with Crippen LogP contribution in [0.25, 0.3) is 10.8 Å². The highest BCUT2D eigenvalue weighted by Crippen LogP contribution is 2.38. The van der Waals surface area contributed by atoms with Gasteiger partial charge in [0.25, 0.3) is 5.91 Å². The minimum Gasteiger partial charge on any atom is -0.417 e. The van der Waals surface area contributed by atoms with Crippen LogP contribution < -0.4 is 10.9 Å². The van der Waals surface area contributed by atoms with Gasteiger partial charge in [0.2, 0.25) is 0 Å². The second kappa shape index (κ2) is 6.26. The van der Waals surface area contributed by atoms with Crippen molar-refractivity contribution in [1.82, 2.24) is 5.32 Å². The van der Waals surface area contributed by atoms with Crippen LogP contribution in [0.3, 0.4) is 0 Å². The molecule has 0 radical (unpaired) electrons. The normalized spacial score (nSPS) is 26.8. The standard InChI is InChI=1S/C18H19NO4S/c20-16(15-9-12-3-1-2-4-14(12)17(21)23-15)19-13-5-7-22-18(10-13)6-8-24-11-18/h1-4,9,13H,5-8,10-11H2,(H,19,20). The van der Waals surface area contributed by atoms with E-state index in [9.17, 15) is 9.59 Å². The maximum atomic E-state index is 12.5. The van der Waals surface area contributed by atoms with Crippen LogP contribution in [0.5, 0.6) is 0 Å². The largest absolute Gasteiger partial charge is 0.417 e. The van der Waals surface area contributed by atoms with Gasteiger partial charge in [-0.05, 0) is 42.5 Å². The Hall–Kier alpha value is -1.79. The Balaban J connectivity index is 1.53. The molecule has 2 aromatic rings. The van der Waals surface area contributed by atoms with Crippen molar-refractivity contribution in [2.75, 3.05) is 18.1 Å². The zero-order chi connectivity index (χ0) is 16.6. The monoisotopic (exact) mass is 345 g/mol. The first-order chi connectivity index (χ1) is 11.7. The molecular weight excluding hydrogens is 326 g/mol. The molecule has 2 aliphatic rings. The van der Waals surface area contributed by atoms with Gasteiger partial charge in [-0.1, -0.05) is 18.2 Å². The predicted octanol–water partition coefficient (Wildman–Crippen LogP) is 2.58.